The average molecular weight is 182 g/mol. The lowest BCUT2D eigenvalue weighted by Gasteiger charge is -1.85. The summed E-state index contributed by atoms with van der Waals surface area (Å²) in [5, 5.41) is 3.17. The summed E-state index contributed by atoms with van der Waals surface area (Å²) >= 11 is 10.7. The number of hydrogen-bond acceptors (Lipinski definition) is 4. The van der Waals surface area contributed by atoms with Crippen molar-refractivity contribution in [1.82, 2.24) is 5.16 Å². The van der Waals surface area contributed by atoms with Crippen molar-refractivity contribution in [3.63, 3.8) is 0 Å². The van der Waals surface area contributed by atoms with Crippen LogP contribution in [0.15, 0.2) is 4.52 Å². The molecule has 6 heteroatoms. The SMILES string of the molecule is O=COc1onc(Cl)c1Cl. The maximum Gasteiger partial charge on any atom is 0.339 e. The highest BCUT2D eigenvalue weighted by molar-refractivity contribution is 6.42. The smallest absolute Gasteiger partial charge is 0.339 e. The quantitative estimate of drug-likeness (QED) is 0.650. The first kappa shape index (κ1) is 7.37. The largest absolute Gasteiger partial charge is 0.392 e. The van der Waals surface area contributed by atoms with Crippen molar-refractivity contribution in [2.75, 3.05) is 0 Å². The molecule has 0 amide bonds. The maximum atomic E-state index is 9.72. The van der Waals surface area contributed by atoms with Gasteiger partial charge in [0.25, 0.3) is 0 Å². The fourth-order valence-corrected chi connectivity index (χ4v) is 0.588. The fraction of sp³-hybridized carbons (Fsp3) is 0. The van der Waals surface area contributed by atoms with E-state index in [1.165, 1.54) is 0 Å². The van der Waals surface area contributed by atoms with Crippen molar-refractivity contribution in [2.24, 2.45) is 0 Å². The minimum atomic E-state index is -0.193. The van der Waals surface area contributed by atoms with Gasteiger partial charge in [0.1, 0.15) is 0 Å². The van der Waals surface area contributed by atoms with Gasteiger partial charge >= 0.3 is 12.4 Å². The lowest BCUT2D eigenvalue weighted by Crippen LogP contribution is -1.85. The minimum Gasteiger partial charge on any atom is -0.392 e. The Morgan fingerprint density at radius 2 is 2.30 bits per heavy atom. The standard InChI is InChI=1S/C4HCl2NO3/c5-2-3(6)7-10-4(2)9-1-8/h1H. The molecule has 0 aliphatic rings. The first-order valence-corrected chi connectivity index (χ1v) is 2.92. The van der Waals surface area contributed by atoms with Crippen LogP contribution in [0.2, 0.25) is 10.2 Å². The van der Waals surface area contributed by atoms with Crippen LogP contribution in [0.4, 0.5) is 0 Å². The third-order valence-corrected chi connectivity index (χ3v) is 1.41. The van der Waals surface area contributed by atoms with Crippen molar-refractivity contribution in [1.29, 1.82) is 0 Å². The molecule has 10 heavy (non-hydrogen) atoms. The van der Waals surface area contributed by atoms with Gasteiger partial charge in [-0.1, -0.05) is 28.4 Å². The van der Waals surface area contributed by atoms with Gasteiger partial charge in [0, 0.05) is 0 Å². The van der Waals surface area contributed by atoms with Crippen LogP contribution in [0.25, 0.3) is 0 Å². The highest BCUT2D eigenvalue weighted by atomic mass is 35.5. The summed E-state index contributed by atoms with van der Waals surface area (Å²) in [6.45, 7) is 0.169. The molecule has 4 nitrogen and oxygen atoms in total. The Bertz CT molecular complexity index is 247. The van der Waals surface area contributed by atoms with Gasteiger partial charge in [-0.3, -0.25) is 4.79 Å². The Labute approximate surface area is 65.6 Å². The van der Waals surface area contributed by atoms with Crippen LogP contribution >= 0.6 is 23.2 Å². The molecular formula is C4HCl2NO3. The number of ether oxygens (including phenoxy) is 1. The molecule has 0 radical (unpaired) electrons. The predicted octanol–water partition coefficient (Wildman–Crippen LogP) is 1.52. The van der Waals surface area contributed by atoms with Gasteiger partial charge in [0.2, 0.25) is 0 Å². The van der Waals surface area contributed by atoms with E-state index < -0.39 is 0 Å². The summed E-state index contributed by atoms with van der Waals surface area (Å²) in [4.78, 5) is 9.72. The Morgan fingerprint density at radius 1 is 1.60 bits per heavy atom. The van der Waals surface area contributed by atoms with Crippen LogP contribution in [-0.4, -0.2) is 11.6 Å². The van der Waals surface area contributed by atoms with Gasteiger partial charge < -0.3 is 9.26 Å². The number of halogens is 2. The van der Waals surface area contributed by atoms with Crippen LogP contribution in [0, 0.1) is 0 Å². The number of hydrogen-bond donors (Lipinski definition) is 0. The van der Waals surface area contributed by atoms with E-state index in [2.05, 4.69) is 14.4 Å². The van der Waals surface area contributed by atoms with Gasteiger partial charge in [-0.2, -0.15) is 0 Å². The summed E-state index contributed by atoms with van der Waals surface area (Å²) in [5.74, 6) is -0.193. The Kier molecular flexibility index (Phi) is 2.13. The lowest BCUT2D eigenvalue weighted by molar-refractivity contribution is -0.121. The van der Waals surface area contributed by atoms with Gasteiger partial charge in [-0.25, -0.2) is 0 Å². The van der Waals surface area contributed by atoms with Gasteiger partial charge in [-0.05, 0) is 0 Å². The number of carbonyl (C=O) groups excluding carboxylic acids is 1. The molecule has 0 aliphatic carbocycles. The predicted molar refractivity (Wildman–Crippen MR) is 33.2 cm³/mol. The van der Waals surface area contributed by atoms with Gasteiger partial charge in [-0.15, -0.1) is 0 Å². The molecule has 0 unspecified atom stereocenters. The van der Waals surface area contributed by atoms with Crippen LogP contribution in [-0.2, 0) is 4.79 Å². The van der Waals surface area contributed by atoms with E-state index in [4.69, 9.17) is 23.2 Å². The van der Waals surface area contributed by atoms with E-state index in [1.807, 2.05) is 0 Å². The zero-order chi connectivity index (χ0) is 7.56. The Balaban J connectivity index is 2.93. The summed E-state index contributed by atoms with van der Waals surface area (Å²) < 4.78 is 8.60. The van der Waals surface area contributed by atoms with Crippen LogP contribution < -0.4 is 4.74 Å². The molecule has 54 valence electrons. The highest BCUT2D eigenvalue weighted by Gasteiger charge is 2.12. The number of rotatable bonds is 2. The molecule has 0 N–H and O–H groups in total. The van der Waals surface area contributed by atoms with Gasteiger partial charge in [0.15, 0.2) is 10.2 Å². The summed E-state index contributed by atoms with van der Waals surface area (Å²) in [6, 6.07) is 0. The van der Waals surface area contributed by atoms with Crippen LogP contribution in [0.3, 0.4) is 0 Å². The zero-order valence-electron chi connectivity index (χ0n) is 4.51. The highest BCUT2D eigenvalue weighted by Crippen LogP contribution is 2.30. The van der Waals surface area contributed by atoms with E-state index >= 15 is 0 Å². The molecular weight excluding hydrogens is 181 g/mol. The monoisotopic (exact) mass is 181 g/mol. The molecule has 1 rings (SSSR count). The van der Waals surface area contributed by atoms with Crippen LogP contribution in [0.1, 0.15) is 0 Å². The second-order valence-electron chi connectivity index (χ2n) is 1.29. The van der Waals surface area contributed by atoms with E-state index in [9.17, 15) is 4.79 Å². The molecule has 1 aromatic heterocycles. The number of aromatic nitrogens is 1. The zero-order valence-corrected chi connectivity index (χ0v) is 6.02. The van der Waals surface area contributed by atoms with E-state index in [0.717, 1.165) is 0 Å². The Hall–Kier alpha value is -0.740. The molecule has 0 saturated heterocycles. The molecule has 0 spiro atoms. The van der Waals surface area contributed by atoms with Crippen molar-refractivity contribution < 1.29 is 14.1 Å². The molecule has 1 heterocycles. The molecule has 0 aliphatic heterocycles. The molecule has 0 fully saturated rings. The van der Waals surface area contributed by atoms with E-state index in [-0.39, 0.29) is 22.6 Å². The van der Waals surface area contributed by atoms with Gasteiger partial charge in [0.05, 0.1) is 0 Å². The first-order valence-electron chi connectivity index (χ1n) is 2.16. The van der Waals surface area contributed by atoms with Crippen molar-refractivity contribution >= 4 is 29.7 Å². The second-order valence-corrected chi connectivity index (χ2v) is 2.02. The molecule has 0 bridgehead atoms. The number of carbonyl (C=O) groups is 1. The summed E-state index contributed by atoms with van der Waals surface area (Å²) in [7, 11) is 0. The Morgan fingerprint density at radius 3 is 2.70 bits per heavy atom. The molecule has 1 aromatic rings. The van der Waals surface area contributed by atoms with Crippen LogP contribution in [0.5, 0.6) is 5.95 Å². The third-order valence-electron chi connectivity index (χ3n) is 0.724. The lowest BCUT2D eigenvalue weighted by atomic mass is 10.7. The molecule has 0 atom stereocenters. The van der Waals surface area contributed by atoms with Crippen molar-refractivity contribution in [2.45, 2.75) is 0 Å². The third kappa shape index (κ3) is 1.22. The summed E-state index contributed by atoms with van der Waals surface area (Å²) in [5.41, 5.74) is 0. The van der Waals surface area contributed by atoms with Crippen molar-refractivity contribution in [3.05, 3.63) is 10.2 Å². The topological polar surface area (TPSA) is 52.3 Å². The summed E-state index contributed by atoms with van der Waals surface area (Å²) in [6.07, 6.45) is 0. The molecule has 0 saturated carbocycles. The maximum absolute atomic E-state index is 9.72. The van der Waals surface area contributed by atoms with E-state index in [0.29, 0.717) is 0 Å². The average Bonchev–Trinajstić information content (AvgIpc) is 2.20. The molecule has 0 aromatic carbocycles. The first-order chi connectivity index (χ1) is 4.75. The normalized spacial score (nSPS) is 9.40. The number of nitrogens with zero attached hydrogens (tertiary/aromatic N) is 1. The second kappa shape index (κ2) is 2.90. The fourth-order valence-electron chi connectivity index (χ4n) is 0.363. The minimum absolute atomic E-state index is 0.00577. The van der Waals surface area contributed by atoms with Crippen molar-refractivity contribution in [3.8, 4) is 5.95 Å². The van der Waals surface area contributed by atoms with E-state index in [1.54, 1.807) is 0 Å².